The van der Waals surface area contributed by atoms with Gasteiger partial charge in [-0.25, -0.2) is 9.97 Å². The lowest BCUT2D eigenvalue weighted by Gasteiger charge is -2.31. The highest BCUT2D eigenvalue weighted by molar-refractivity contribution is 5.87. The third kappa shape index (κ3) is 2.67. The zero-order valence-electron chi connectivity index (χ0n) is 11.1. The molecule has 0 bridgehead atoms. The minimum atomic E-state index is 0.520. The number of aromatic nitrogens is 2. The average molecular weight is 257 g/mol. The van der Waals surface area contributed by atoms with Gasteiger partial charge in [0.25, 0.3) is 0 Å². The molecule has 3 rings (SSSR count). The van der Waals surface area contributed by atoms with E-state index in [1.54, 1.807) is 0 Å². The molecule has 0 unspecified atom stereocenters. The number of piperazine rings is 1. The number of rotatable bonds is 2. The predicted octanol–water partition coefficient (Wildman–Crippen LogP) is 1.01. The maximum Gasteiger partial charge on any atom is 0.145 e. The maximum atomic E-state index is 6.01. The van der Waals surface area contributed by atoms with Crippen LogP contribution < -0.4 is 11.1 Å². The Balaban J connectivity index is 1.85. The summed E-state index contributed by atoms with van der Waals surface area (Å²) in [5.74, 6) is 1.38. The highest BCUT2D eigenvalue weighted by Gasteiger charge is 2.17. The summed E-state index contributed by atoms with van der Waals surface area (Å²) in [5.41, 5.74) is 6.93. The zero-order chi connectivity index (χ0) is 13.2. The fraction of sp³-hybridized carbons (Fsp3) is 0.429. The van der Waals surface area contributed by atoms with E-state index in [0.29, 0.717) is 11.9 Å². The molecule has 19 heavy (non-hydrogen) atoms. The Hall–Kier alpha value is -1.72. The Kier molecular flexibility index (Phi) is 3.31. The first-order valence-corrected chi connectivity index (χ1v) is 6.69. The van der Waals surface area contributed by atoms with E-state index in [1.165, 1.54) is 0 Å². The summed E-state index contributed by atoms with van der Waals surface area (Å²) >= 11 is 0. The molecule has 1 aliphatic rings. The van der Waals surface area contributed by atoms with Crippen LogP contribution in [-0.2, 0) is 6.54 Å². The van der Waals surface area contributed by atoms with E-state index < -0.39 is 0 Å². The lowest BCUT2D eigenvalue weighted by Crippen LogP contribution is -2.48. The maximum absolute atomic E-state index is 6.01. The Labute approximate surface area is 112 Å². The summed E-state index contributed by atoms with van der Waals surface area (Å²) < 4.78 is 0. The number of nitrogens with zero attached hydrogens (tertiary/aromatic N) is 3. The fourth-order valence-electron chi connectivity index (χ4n) is 2.58. The first kappa shape index (κ1) is 12.3. The van der Waals surface area contributed by atoms with Gasteiger partial charge < -0.3 is 11.1 Å². The molecule has 2 heterocycles. The molecule has 0 radical (unpaired) electrons. The summed E-state index contributed by atoms with van der Waals surface area (Å²) in [7, 11) is 0. The van der Waals surface area contributed by atoms with Gasteiger partial charge in [-0.05, 0) is 19.1 Å². The number of nitrogens with two attached hydrogens (primary N) is 1. The van der Waals surface area contributed by atoms with Crippen LogP contribution in [0.25, 0.3) is 10.9 Å². The van der Waals surface area contributed by atoms with Gasteiger partial charge in [0, 0.05) is 31.1 Å². The van der Waals surface area contributed by atoms with E-state index in [-0.39, 0.29) is 0 Å². The molecular formula is C14H19N5. The minimum absolute atomic E-state index is 0.520. The van der Waals surface area contributed by atoms with Crippen LogP contribution in [-0.4, -0.2) is 40.5 Å². The van der Waals surface area contributed by atoms with Gasteiger partial charge in [0.15, 0.2) is 0 Å². The third-order valence-corrected chi connectivity index (χ3v) is 3.50. The molecule has 0 spiro atoms. The van der Waals surface area contributed by atoms with Crippen LogP contribution in [0.4, 0.5) is 5.82 Å². The minimum Gasteiger partial charge on any atom is -0.383 e. The molecule has 5 nitrogen and oxygen atoms in total. The van der Waals surface area contributed by atoms with Gasteiger partial charge in [-0.3, -0.25) is 4.90 Å². The van der Waals surface area contributed by atoms with E-state index >= 15 is 0 Å². The van der Waals surface area contributed by atoms with E-state index in [4.69, 9.17) is 5.73 Å². The molecule has 5 heteroatoms. The normalized spacial score (nSPS) is 20.8. The SMILES string of the molecule is C[C@@H]1CN(Cc2nc(N)c3ccccc3n2)CCN1. The quantitative estimate of drug-likeness (QED) is 0.840. The van der Waals surface area contributed by atoms with Gasteiger partial charge in [0.05, 0.1) is 12.1 Å². The largest absolute Gasteiger partial charge is 0.383 e. The predicted molar refractivity (Wildman–Crippen MR) is 76.7 cm³/mol. The van der Waals surface area contributed by atoms with Crippen molar-refractivity contribution in [3.63, 3.8) is 0 Å². The van der Waals surface area contributed by atoms with Crippen LogP contribution in [0.1, 0.15) is 12.7 Å². The van der Waals surface area contributed by atoms with Crippen LogP contribution in [0.3, 0.4) is 0 Å². The second-order valence-corrected chi connectivity index (χ2v) is 5.13. The van der Waals surface area contributed by atoms with Crippen molar-refractivity contribution in [2.45, 2.75) is 19.5 Å². The summed E-state index contributed by atoms with van der Waals surface area (Å²) in [6, 6.07) is 8.40. The molecule has 0 amide bonds. The van der Waals surface area contributed by atoms with E-state index in [1.807, 2.05) is 24.3 Å². The first-order chi connectivity index (χ1) is 9.22. The van der Waals surface area contributed by atoms with Crippen molar-refractivity contribution in [1.82, 2.24) is 20.2 Å². The van der Waals surface area contributed by atoms with Crippen molar-refractivity contribution in [1.29, 1.82) is 0 Å². The van der Waals surface area contributed by atoms with Gasteiger partial charge in [-0.15, -0.1) is 0 Å². The van der Waals surface area contributed by atoms with Crippen LogP contribution >= 0.6 is 0 Å². The van der Waals surface area contributed by atoms with Gasteiger partial charge in [-0.2, -0.15) is 0 Å². The summed E-state index contributed by atoms with van der Waals surface area (Å²) in [5, 5.41) is 4.36. The van der Waals surface area contributed by atoms with Crippen LogP contribution in [0.2, 0.25) is 0 Å². The number of nitrogen functional groups attached to an aromatic ring is 1. The number of para-hydroxylation sites is 1. The number of benzene rings is 1. The first-order valence-electron chi connectivity index (χ1n) is 6.69. The Bertz CT molecular complexity index is 583. The number of nitrogens with one attached hydrogen (secondary N) is 1. The summed E-state index contributed by atoms with van der Waals surface area (Å²) in [6.07, 6.45) is 0. The van der Waals surface area contributed by atoms with Crippen LogP contribution in [0, 0.1) is 0 Å². The van der Waals surface area contributed by atoms with Crippen LogP contribution in [0.5, 0.6) is 0 Å². The van der Waals surface area contributed by atoms with Crippen molar-refractivity contribution in [3.05, 3.63) is 30.1 Å². The molecule has 1 aromatic heterocycles. The van der Waals surface area contributed by atoms with Crippen molar-refractivity contribution in [2.75, 3.05) is 25.4 Å². The average Bonchev–Trinajstić information content (AvgIpc) is 2.39. The van der Waals surface area contributed by atoms with Crippen molar-refractivity contribution in [3.8, 4) is 0 Å². The topological polar surface area (TPSA) is 67.1 Å². The van der Waals surface area contributed by atoms with E-state index in [0.717, 1.165) is 42.9 Å². The Morgan fingerprint density at radius 3 is 3.05 bits per heavy atom. The summed E-state index contributed by atoms with van der Waals surface area (Å²) in [4.78, 5) is 11.4. The molecule has 1 saturated heterocycles. The molecule has 2 aromatic rings. The Morgan fingerprint density at radius 1 is 1.37 bits per heavy atom. The second kappa shape index (κ2) is 5.11. The monoisotopic (exact) mass is 257 g/mol. The van der Waals surface area contributed by atoms with Crippen molar-refractivity contribution >= 4 is 16.7 Å². The molecule has 1 aliphatic heterocycles. The van der Waals surface area contributed by atoms with E-state index in [9.17, 15) is 0 Å². The third-order valence-electron chi connectivity index (χ3n) is 3.50. The van der Waals surface area contributed by atoms with Crippen LogP contribution in [0.15, 0.2) is 24.3 Å². The highest BCUT2D eigenvalue weighted by Crippen LogP contribution is 2.17. The lowest BCUT2D eigenvalue weighted by molar-refractivity contribution is 0.195. The zero-order valence-corrected chi connectivity index (χ0v) is 11.1. The molecule has 3 N–H and O–H groups in total. The number of fused-ring (bicyclic) bond motifs is 1. The molecule has 1 aromatic carbocycles. The number of hydrogen-bond acceptors (Lipinski definition) is 5. The highest BCUT2D eigenvalue weighted by atomic mass is 15.2. The number of hydrogen-bond donors (Lipinski definition) is 2. The molecule has 1 fully saturated rings. The lowest BCUT2D eigenvalue weighted by atomic mass is 10.2. The standard InChI is InChI=1S/C14H19N5/c1-10-8-19(7-6-16-10)9-13-17-12-5-3-2-4-11(12)14(15)18-13/h2-5,10,16H,6-9H2,1H3,(H2,15,17,18)/t10-/m1/s1. The fourth-order valence-corrected chi connectivity index (χ4v) is 2.58. The van der Waals surface area contributed by atoms with Gasteiger partial charge in [0.2, 0.25) is 0 Å². The Morgan fingerprint density at radius 2 is 2.21 bits per heavy atom. The van der Waals surface area contributed by atoms with Gasteiger partial charge in [0.1, 0.15) is 11.6 Å². The molecule has 1 atom stereocenters. The van der Waals surface area contributed by atoms with Crippen molar-refractivity contribution < 1.29 is 0 Å². The van der Waals surface area contributed by atoms with E-state index in [2.05, 4.69) is 27.1 Å². The molecule has 100 valence electrons. The number of anilines is 1. The molecular weight excluding hydrogens is 238 g/mol. The van der Waals surface area contributed by atoms with Crippen molar-refractivity contribution in [2.24, 2.45) is 0 Å². The molecule has 0 aliphatic carbocycles. The summed E-state index contributed by atoms with van der Waals surface area (Å²) in [6.45, 7) is 6.03. The van der Waals surface area contributed by atoms with Gasteiger partial charge in [-0.1, -0.05) is 12.1 Å². The second-order valence-electron chi connectivity index (χ2n) is 5.13. The smallest absolute Gasteiger partial charge is 0.145 e. The van der Waals surface area contributed by atoms with Gasteiger partial charge >= 0.3 is 0 Å². The molecule has 0 saturated carbocycles.